The molecule has 1 aromatic rings. The van der Waals surface area contributed by atoms with Crippen LogP contribution in [0.1, 0.15) is 31.7 Å². The average Bonchev–Trinajstić information content (AvgIpc) is 2.45. The molecule has 120 valence electrons. The predicted molar refractivity (Wildman–Crippen MR) is 90.6 cm³/mol. The van der Waals surface area contributed by atoms with Crippen molar-refractivity contribution in [2.45, 2.75) is 44.2 Å². The van der Waals surface area contributed by atoms with Gasteiger partial charge in [-0.1, -0.05) is 10.8 Å². The lowest BCUT2D eigenvalue weighted by molar-refractivity contribution is -0.121. The van der Waals surface area contributed by atoms with Gasteiger partial charge in [-0.05, 0) is 37.8 Å². The van der Waals surface area contributed by atoms with Crippen LogP contribution in [-0.4, -0.2) is 40.0 Å². The van der Waals surface area contributed by atoms with E-state index in [2.05, 4.69) is 16.6 Å². The molecule has 1 aliphatic carbocycles. The lowest BCUT2D eigenvalue weighted by Gasteiger charge is -2.47. The molecule has 1 aromatic heterocycles. The number of ether oxygens (including phenoxy) is 1. The van der Waals surface area contributed by atoms with E-state index in [0.29, 0.717) is 32.3 Å². The van der Waals surface area contributed by atoms with Gasteiger partial charge in [0.25, 0.3) is 0 Å². The lowest BCUT2D eigenvalue weighted by atomic mass is 9.75. The molecule has 2 aliphatic rings. The molecule has 2 heterocycles. The van der Waals surface area contributed by atoms with Gasteiger partial charge in [0.05, 0.1) is 18.4 Å². The largest absolute Gasteiger partial charge is 0.491 e. The second-order valence-electron chi connectivity index (χ2n) is 6.16. The van der Waals surface area contributed by atoms with Crippen LogP contribution in [0.5, 0.6) is 5.75 Å². The Morgan fingerprint density at radius 3 is 3.00 bits per heavy atom. The monoisotopic (exact) mass is 340 g/mol. The van der Waals surface area contributed by atoms with Gasteiger partial charge in [0.1, 0.15) is 11.6 Å². The third kappa shape index (κ3) is 3.21. The van der Waals surface area contributed by atoms with Crippen LogP contribution in [0.3, 0.4) is 0 Å². The summed E-state index contributed by atoms with van der Waals surface area (Å²) in [5.41, 5.74) is 0.387. The van der Waals surface area contributed by atoms with E-state index in [0.717, 1.165) is 22.9 Å². The minimum absolute atomic E-state index is 0.0569. The van der Waals surface area contributed by atoms with Crippen molar-refractivity contribution >= 4 is 34.2 Å². The zero-order chi connectivity index (χ0) is 15.7. The number of aryl methyl sites for hydroxylation is 1. The number of pyridine rings is 1. The minimum atomic E-state index is -0.657. The molecule has 1 aliphatic heterocycles. The minimum Gasteiger partial charge on any atom is -0.491 e. The van der Waals surface area contributed by atoms with Gasteiger partial charge >= 0.3 is 0 Å². The second-order valence-corrected chi connectivity index (χ2v) is 7.60. The number of aliphatic hydroxyl groups is 1. The number of nitrogens with zero attached hydrogens (tertiary/aromatic N) is 2. The summed E-state index contributed by atoms with van der Waals surface area (Å²) < 4.78 is 5.63. The lowest BCUT2D eigenvalue weighted by Crippen LogP contribution is -2.57. The highest BCUT2D eigenvalue weighted by molar-refractivity contribution is 8.68. The molecule has 0 unspecified atom stereocenters. The van der Waals surface area contributed by atoms with E-state index in [4.69, 9.17) is 4.74 Å². The van der Waals surface area contributed by atoms with Gasteiger partial charge in [-0.2, -0.15) is 0 Å². The number of thiol groups is 1. The van der Waals surface area contributed by atoms with E-state index in [1.54, 1.807) is 11.1 Å². The molecule has 1 amide bonds. The molecule has 7 heteroatoms. The van der Waals surface area contributed by atoms with Gasteiger partial charge in [0.15, 0.2) is 0 Å². The second kappa shape index (κ2) is 6.29. The zero-order valence-corrected chi connectivity index (χ0v) is 14.2. The molecule has 0 radical (unpaired) electrons. The normalized spacial score (nSPS) is 27.3. The fraction of sp³-hybridized carbons (Fsp3) is 0.600. The van der Waals surface area contributed by atoms with Crippen molar-refractivity contribution in [2.75, 3.05) is 17.3 Å². The fourth-order valence-electron chi connectivity index (χ4n) is 3.15. The molecule has 3 rings (SSSR count). The highest BCUT2D eigenvalue weighted by Gasteiger charge is 2.45. The van der Waals surface area contributed by atoms with Crippen LogP contribution in [0.2, 0.25) is 0 Å². The molecule has 1 saturated carbocycles. The Balaban J connectivity index is 1.77. The van der Waals surface area contributed by atoms with Crippen LogP contribution < -0.4 is 9.64 Å². The van der Waals surface area contributed by atoms with Crippen LogP contribution >= 0.6 is 22.5 Å². The molecule has 1 fully saturated rings. The van der Waals surface area contributed by atoms with Crippen LogP contribution in [0.15, 0.2) is 12.3 Å². The number of hydrogen-bond donors (Lipinski definition) is 2. The maximum atomic E-state index is 12.3. The van der Waals surface area contributed by atoms with Crippen LogP contribution in [-0.2, 0) is 11.2 Å². The maximum absolute atomic E-state index is 12.3. The molecule has 0 saturated heterocycles. The standard InChI is InChI=1S/C15H20N2O3S2/c1-15(19)7-11(8-15)17-13(18)3-2-10-6-12(9-16-14(10)17)20-4-5-22-21/h6,9,11,19,21H,2-5,7-8H2,1H3. The molecule has 0 atom stereocenters. The quantitative estimate of drug-likeness (QED) is 0.489. The summed E-state index contributed by atoms with van der Waals surface area (Å²) in [6, 6.07) is 2.03. The molecule has 5 nitrogen and oxygen atoms in total. The summed E-state index contributed by atoms with van der Waals surface area (Å²) >= 11 is 4.08. The summed E-state index contributed by atoms with van der Waals surface area (Å²) in [4.78, 5) is 18.5. The predicted octanol–water partition coefficient (Wildman–Crippen LogP) is 2.23. The maximum Gasteiger partial charge on any atom is 0.228 e. The first-order valence-electron chi connectivity index (χ1n) is 7.43. The van der Waals surface area contributed by atoms with E-state index in [-0.39, 0.29) is 11.9 Å². The number of hydrogen-bond acceptors (Lipinski definition) is 6. The van der Waals surface area contributed by atoms with Crippen molar-refractivity contribution in [3.63, 3.8) is 0 Å². The van der Waals surface area contributed by atoms with Crippen molar-refractivity contribution in [1.82, 2.24) is 4.98 Å². The number of carbonyl (C=O) groups is 1. The molecular formula is C15H20N2O3S2. The van der Waals surface area contributed by atoms with Crippen molar-refractivity contribution < 1.29 is 14.6 Å². The van der Waals surface area contributed by atoms with Gasteiger partial charge < -0.3 is 9.84 Å². The van der Waals surface area contributed by atoms with E-state index in [1.165, 1.54) is 10.8 Å². The average molecular weight is 340 g/mol. The summed E-state index contributed by atoms with van der Waals surface area (Å²) in [6.07, 6.45) is 4.07. The highest BCUT2D eigenvalue weighted by Crippen LogP contribution is 2.40. The van der Waals surface area contributed by atoms with Gasteiger partial charge in [-0.3, -0.25) is 9.69 Å². The topological polar surface area (TPSA) is 62.7 Å². The first-order chi connectivity index (χ1) is 10.5. The Kier molecular flexibility index (Phi) is 4.56. The third-order valence-electron chi connectivity index (χ3n) is 4.18. The fourth-order valence-corrected chi connectivity index (χ4v) is 3.53. The molecule has 0 bridgehead atoms. The highest BCUT2D eigenvalue weighted by atomic mass is 33.1. The third-order valence-corrected chi connectivity index (χ3v) is 5.08. The summed E-state index contributed by atoms with van der Waals surface area (Å²) in [5.74, 6) is 2.37. The number of amides is 1. The number of aromatic nitrogens is 1. The van der Waals surface area contributed by atoms with Gasteiger partial charge in [0.2, 0.25) is 5.91 Å². The summed E-state index contributed by atoms with van der Waals surface area (Å²) in [6.45, 7) is 2.39. The van der Waals surface area contributed by atoms with Crippen molar-refractivity contribution in [2.24, 2.45) is 0 Å². The van der Waals surface area contributed by atoms with Crippen molar-refractivity contribution in [3.05, 3.63) is 17.8 Å². The zero-order valence-electron chi connectivity index (χ0n) is 12.5. The van der Waals surface area contributed by atoms with E-state index in [1.807, 2.05) is 13.0 Å². The summed E-state index contributed by atoms with van der Waals surface area (Å²) in [7, 11) is 1.44. The molecule has 22 heavy (non-hydrogen) atoms. The number of anilines is 1. The Hall–Kier alpha value is -0.920. The van der Waals surface area contributed by atoms with Crippen LogP contribution in [0.4, 0.5) is 5.82 Å². The SMILES string of the molecule is CC1(O)CC(N2C(=O)CCc3cc(OCCSS)cnc32)C1. The molecule has 0 aromatic carbocycles. The Morgan fingerprint density at radius 1 is 1.55 bits per heavy atom. The Morgan fingerprint density at radius 2 is 2.32 bits per heavy atom. The van der Waals surface area contributed by atoms with Gasteiger partial charge in [-0.25, -0.2) is 4.98 Å². The van der Waals surface area contributed by atoms with Gasteiger partial charge in [0, 0.05) is 18.2 Å². The Bertz CT molecular complexity index is 572. The number of fused-ring (bicyclic) bond motifs is 1. The number of carbonyl (C=O) groups excluding carboxylic acids is 1. The molecule has 0 spiro atoms. The Labute approximate surface area is 139 Å². The van der Waals surface area contributed by atoms with Crippen LogP contribution in [0, 0.1) is 0 Å². The molecular weight excluding hydrogens is 320 g/mol. The van der Waals surface area contributed by atoms with Crippen molar-refractivity contribution in [1.29, 1.82) is 0 Å². The van der Waals surface area contributed by atoms with Crippen molar-refractivity contribution in [3.8, 4) is 5.75 Å². The smallest absolute Gasteiger partial charge is 0.228 e. The first-order valence-corrected chi connectivity index (χ1v) is 9.46. The van der Waals surface area contributed by atoms with E-state index >= 15 is 0 Å². The number of rotatable bonds is 5. The van der Waals surface area contributed by atoms with Gasteiger partial charge in [-0.15, -0.1) is 11.7 Å². The van der Waals surface area contributed by atoms with Crippen LogP contribution in [0.25, 0.3) is 0 Å². The van der Waals surface area contributed by atoms with E-state index < -0.39 is 5.60 Å². The molecule has 1 N–H and O–H groups in total. The first kappa shape index (κ1) is 16.0. The summed E-state index contributed by atoms with van der Waals surface area (Å²) in [5, 5.41) is 9.93. The van der Waals surface area contributed by atoms with E-state index in [9.17, 15) is 9.90 Å².